The number of aryl methyl sites for hydroxylation is 1. The van der Waals surface area contributed by atoms with E-state index in [0.717, 1.165) is 25.5 Å². The molecule has 1 aliphatic heterocycles. The topological polar surface area (TPSA) is 64.9 Å². The van der Waals surface area contributed by atoms with Gasteiger partial charge in [0.05, 0.1) is 6.10 Å². The zero-order chi connectivity index (χ0) is 9.10. The Bertz CT molecular complexity index is 270. The molecule has 0 aromatic carbocycles. The van der Waals surface area contributed by atoms with E-state index in [4.69, 9.17) is 4.74 Å². The number of nitrogens with zero attached hydrogens (tertiary/aromatic N) is 4. The highest BCUT2D eigenvalue weighted by Crippen LogP contribution is 2.02. The Hall–Kier alpha value is -1.01. The van der Waals surface area contributed by atoms with Gasteiger partial charge in [0.2, 0.25) is 0 Å². The zero-order valence-corrected chi connectivity index (χ0v) is 7.60. The van der Waals surface area contributed by atoms with Crippen LogP contribution in [0.1, 0.15) is 12.7 Å². The fourth-order valence-electron chi connectivity index (χ4n) is 1.14. The van der Waals surface area contributed by atoms with Crippen molar-refractivity contribution in [1.29, 1.82) is 0 Å². The summed E-state index contributed by atoms with van der Waals surface area (Å²) in [5, 5.41) is 14.4. The Morgan fingerprint density at radius 1 is 1.62 bits per heavy atom. The number of aromatic nitrogens is 4. The third-order valence-corrected chi connectivity index (χ3v) is 2.10. The Balaban J connectivity index is 1.85. The molecule has 0 radical (unpaired) electrons. The molecule has 72 valence electrons. The van der Waals surface area contributed by atoms with Crippen molar-refractivity contribution in [3.05, 3.63) is 5.82 Å². The Labute approximate surface area is 76.3 Å². The summed E-state index contributed by atoms with van der Waals surface area (Å²) in [5.41, 5.74) is 0. The van der Waals surface area contributed by atoms with Crippen LogP contribution in [0.15, 0.2) is 0 Å². The van der Waals surface area contributed by atoms with Crippen LogP contribution in [0, 0.1) is 0 Å². The number of hydrogen-bond donors (Lipinski definition) is 1. The molecule has 1 aliphatic rings. The first-order chi connectivity index (χ1) is 6.40. The molecule has 2 heterocycles. The first kappa shape index (κ1) is 8.58. The predicted octanol–water partition coefficient (Wildman–Crippen LogP) is -0.819. The van der Waals surface area contributed by atoms with Crippen molar-refractivity contribution in [1.82, 2.24) is 25.5 Å². The van der Waals surface area contributed by atoms with E-state index >= 15 is 0 Å². The van der Waals surface area contributed by atoms with E-state index in [-0.39, 0.29) is 0 Å². The molecule has 6 nitrogen and oxygen atoms in total. The molecule has 0 unspecified atom stereocenters. The first-order valence-electron chi connectivity index (χ1n) is 4.47. The van der Waals surface area contributed by atoms with Gasteiger partial charge in [0.1, 0.15) is 6.61 Å². The average Bonchev–Trinajstić information content (AvgIpc) is 2.49. The lowest BCUT2D eigenvalue weighted by Gasteiger charge is -2.26. The van der Waals surface area contributed by atoms with Crippen LogP contribution in [0.4, 0.5) is 0 Å². The van der Waals surface area contributed by atoms with E-state index < -0.39 is 0 Å². The third-order valence-electron chi connectivity index (χ3n) is 2.10. The van der Waals surface area contributed by atoms with Gasteiger partial charge in [-0.15, -0.1) is 5.10 Å². The number of ether oxygens (including phenoxy) is 1. The summed E-state index contributed by atoms with van der Waals surface area (Å²) in [6.45, 7) is 5.17. The Morgan fingerprint density at radius 3 is 3.08 bits per heavy atom. The predicted molar refractivity (Wildman–Crippen MR) is 44.9 cm³/mol. The molecule has 0 atom stereocenters. The molecular formula is C7H13N5O. The zero-order valence-electron chi connectivity index (χ0n) is 7.60. The summed E-state index contributed by atoms with van der Waals surface area (Å²) < 4.78 is 7.28. The minimum atomic E-state index is 0.335. The van der Waals surface area contributed by atoms with Gasteiger partial charge in [0, 0.05) is 19.6 Å². The summed E-state index contributed by atoms with van der Waals surface area (Å²) >= 11 is 0. The minimum Gasteiger partial charge on any atom is -0.368 e. The van der Waals surface area contributed by atoms with Crippen molar-refractivity contribution >= 4 is 0 Å². The van der Waals surface area contributed by atoms with Crippen molar-refractivity contribution < 1.29 is 4.74 Å². The maximum atomic E-state index is 5.54. The SMILES string of the molecule is CCn1nnnc1COC1CNC1. The maximum absolute atomic E-state index is 5.54. The number of nitrogens with one attached hydrogen (secondary N) is 1. The molecule has 1 aromatic rings. The molecule has 1 N–H and O–H groups in total. The second-order valence-electron chi connectivity index (χ2n) is 3.00. The normalized spacial score (nSPS) is 17.3. The van der Waals surface area contributed by atoms with Gasteiger partial charge >= 0.3 is 0 Å². The second-order valence-corrected chi connectivity index (χ2v) is 3.00. The molecule has 0 amide bonds. The number of tetrazole rings is 1. The van der Waals surface area contributed by atoms with E-state index in [9.17, 15) is 0 Å². The Kier molecular flexibility index (Phi) is 2.51. The Morgan fingerprint density at radius 2 is 2.46 bits per heavy atom. The van der Waals surface area contributed by atoms with Crippen LogP contribution in [0.25, 0.3) is 0 Å². The molecule has 1 aromatic heterocycles. The van der Waals surface area contributed by atoms with Crippen molar-refractivity contribution in [2.45, 2.75) is 26.2 Å². The van der Waals surface area contributed by atoms with Crippen LogP contribution in [-0.2, 0) is 17.9 Å². The summed E-state index contributed by atoms with van der Waals surface area (Å²) in [6, 6.07) is 0. The summed E-state index contributed by atoms with van der Waals surface area (Å²) in [4.78, 5) is 0. The highest BCUT2D eigenvalue weighted by Gasteiger charge is 2.18. The van der Waals surface area contributed by atoms with Gasteiger partial charge in [0.15, 0.2) is 5.82 Å². The molecule has 6 heteroatoms. The van der Waals surface area contributed by atoms with Crippen LogP contribution in [-0.4, -0.2) is 39.4 Å². The van der Waals surface area contributed by atoms with Gasteiger partial charge in [-0.3, -0.25) is 0 Å². The number of rotatable bonds is 4. The summed E-state index contributed by atoms with van der Waals surface area (Å²) in [5.74, 6) is 0.800. The fraction of sp³-hybridized carbons (Fsp3) is 0.857. The van der Waals surface area contributed by atoms with Crippen molar-refractivity contribution in [2.24, 2.45) is 0 Å². The quantitative estimate of drug-likeness (QED) is 0.660. The van der Waals surface area contributed by atoms with Crippen molar-refractivity contribution in [3.8, 4) is 0 Å². The van der Waals surface area contributed by atoms with E-state index in [2.05, 4.69) is 20.8 Å². The molecule has 0 bridgehead atoms. The van der Waals surface area contributed by atoms with Gasteiger partial charge in [-0.1, -0.05) is 0 Å². The molecule has 0 spiro atoms. The van der Waals surface area contributed by atoms with E-state index in [1.807, 2.05) is 6.92 Å². The van der Waals surface area contributed by atoms with E-state index in [0.29, 0.717) is 12.7 Å². The molecule has 1 fully saturated rings. The third kappa shape index (κ3) is 1.84. The van der Waals surface area contributed by atoms with E-state index in [1.54, 1.807) is 4.68 Å². The van der Waals surface area contributed by atoms with Crippen LogP contribution in [0.5, 0.6) is 0 Å². The smallest absolute Gasteiger partial charge is 0.177 e. The fourth-order valence-corrected chi connectivity index (χ4v) is 1.14. The highest BCUT2D eigenvalue weighted by atomic mass is 16.5. The molecule has 2 rings (SSSR count). The lowest BCUT2D eigenvalue weighted by Crippen LogP contribution is -2.48. The molecule has 1 saturated heterocycles. The average molecular weight is 183 g/mol. The summed E-state index contributed by atoms with van der Waals surface area (Å²) in [6.07, 6.45) is 0.335. The standard InChI is InChI=1S/C7H13N5O/c1-2-12-7(9-10-11-12)5-13-6-3-8-4-6/h6,8H,2-5H2,1H3. The van der Waals surface area contributed by atoms with Gasteiger partial charge < -0.3 is 10.1 Å². The van der Waals surface area contributed by atoms with Gasteiger partial charge in [-0.2, -0.15) is 0 Å². The maximum Gasteiger partial charge on any atom is 0.177 e. The molecule has 0 aliphatic carbocycles. The molecular weight excluding hydrogens is 170 g/mol. The van der Waals surface area contributed by atoms with Crippen molar-refractivity contribution in [3.63, 3.8) is 0 Å². The molecule has 0 saturated carbocycles. The molecule has 13 heavy (non-hydrogen) atoms. The first-order valence-corrected chi connectivity index (χ1v) is 4.47. The van der Waals surface area contributed by atoms with Crippen molar-refractivity contribution in [2.75, 3.05) is 13.1 Å². The van der Waals surface area contributed by atoms with Crippen LogP contribution < -0.4 is 5.32 Å². The second kappa shape index (κ2) is 3.80. The lowest BCUT2D eigenvalue weighted by molar-refractivity contribution is 0.00279. The minimum absolute atomic E-state index is 0.335. The highest BCUT2D eigenvalue weighted by molar-refractivity contribution is 4.80. The monoisotopic (exact) mass is 183 g/mol. The van der Waals surface area contributed by atoms with Gasteiger partial charge in [0.25, 0.3) is 0 Å². The number of hydrogen-bond acceptors (Lipinski definition) is 5. The largest absolute Gasteiger partial charge is 0.368 e. The van der Waals surface area contributed by atoms with Crippen LogP contribution >= 0.6 is 0 Å². The van der Waals surface area contributed by atoms with E-state index in [1.165, 1.54) is 0 Å². The lowest BCUT2D eigenvalue weighted by atomic mass is 10.2. The van der Waals surface area contributed by atoms with Crippen LogP contribution in [0.3, 0.4) is 0 Å². The van der Waals surface area contributed by atoms with Crippen LogP contribution in [0.2, 0.25) is 0 Å². The summed E-state index contributed by atoms with van der Waals surface area (Å²) in [7, 11) is 0. The van der Waals surface area contributed by atoms with Gasteiger partial charge in [-0.25, -0.2) is 4.68 Å². The van der Waals surface area contributed by atoms with Gasteiger partial charge in [-0.05, 0) is 17.4 Å².